The number of aryl methyl sites for hydroxylation is 1. The van der Waals surface area contributed by atoms with E-state index in [0.717, 1.165) is 30.7 Å². The van der Waals surface area contributed by atoms with E-state index in [4.69, 9.17) is 11.6 Å². The number of fused-ring (bicyclic) bond motifs is 1. The maximum absolute atomic E-state index is 6.30. The third kappa shape index (κ3) is 5.62. The maximum atomic E-state index is 6.30. The van der Waals surface area contributed by atoms with E-state index in [9.17, 15) is 0 Å². The molecule has 1 unspecified atom stereocenters. The predicted molar refractivity (Wildman–Crippen MR) is 122 cm³/mol. The van der Waals surface area contributed by atoms with Gasteiger partial charge in [-0.15, -0.1) is 0 Å². The molecule has 2 rings (SSSR count). The lowest BCUT2D eigenvalue weighted by Gasteiger charge is -2.15. The summed E-state index contributed by atoms with van der Waals surface area (Å²) in [6.07, 6.45) is 13.5. The highest BCUT2D eigenvalue weighted by Crippen LogP contribution is 2.35. The Labute approximate surface area is 170 Å². The molecular weight excluding hydrogens is 350 g/mol. The molecule has 1 aromatic heterocycles. The number of rotatable bonds is 10. The Morgan fingerprint density at radius 3 is 2.63 bits per heavy atom. The van der Waals surface area contributed by atoms with Crippen LogP contribution in [0.2, 0.25) is 5.02 Å². The molecule has 1 aromatic carbocycles. The van der Waals surface area contributed by atoms with Gasteiger partial charge in [-0.3, -0.25) is 0 Å². The molecule has 146 valence electrons. The minimum absolute atomic E-state index is 0.315. The summed E-state index contributed by atoms with van der Waals surface area (Å²) in [4.78, 5) is 3.70. The Morgan fingerprint density at radius 1 is 1.19 bits per heavy atom. The second-order valence-corrected chi connectivity index (χ2v) is 7.81. The molecule has 0 saturated carbocycles. The van der Waals surface area contributed by atoms with Crippen LogP contribution >= 0.6 is 11.6 Å². The van der Waals surface area contributed by atoms with Gasteiger partial charge in [0.1, 0.15) is 0 Å². The average Bonchev–Trinajstić information content (AvgIpc) is 3.03. The number of nitrogens with one attached hydrogen (secondary N) is 1. The topological polar surface area (TPSA) is 15.8 Å². The quantitative estimate of drug-likeness (QED) is 0.395. The molecule has 27 heavy (non-hydrogen) atoms. The van der Waals surface area contributed by atoms with Crippen molar-refractivity contribution in [2.24, 2.45) is 0 Å². The van der Waals surface area contributed by atoms with Gasteiger partial charge in [0, 0.05) is 27.5 Å². The van der Waals surface area contributed by atoms with Gasteiger partial charge in [-0.1, -0.05) is 82.5 Å². The first kappa shape index (κ1) is 21.6. The molecule has 0 radical (unpaired) electrons. The molecule has 1 heterocycles. The van der Waals surface area contributed by atoms with Gasteiger partial charge in [0.25, 0.3) is 0 Å². The van der Waals surface area contributed by atoms with E-state index < -0.39 is 0 Å². The first-order valence-electron chi connectivity index (χ1n) is 10.4. The fourth-order valence-corrected chi connectivity index (χ4v) is 3.60. The van der Waals surface area contributed by atoms with Crippen LogP contribution < -0.4 is 0 Å². The van der Waals surface area contributed by atoms with Crippen LogP contribution in [0.3, 0.4) is 0 Å². The largest absolute Gasteiger partial charge is 0.358 e. The van der Waals surface area contributed by atoms with Crippen LogP contribution in [0.25, 0.3) is 10.9 Å². The Morgan fingerprint density at radius 2 is 1.96 bits per heavy atom. The summed E-state index contributed by atoms with van der Waals surface area (Å²) < 4.78 is 0. The number of benzene rings is 1. The molecule has 1 nitrogen and oxygen atoms in total. The fraction of sp³-hybridized carbons (Fsp3) is 0.440. The van der Waals surface area contributed by atoms with E-state index in [1.807, 2.05) is 6.07 Å². The summed E-state index contributed by atoms with van der Waals surface area (Å²) in [6, 6.07) is 6.18. The van der Waals surface area contributed by atoms with Crippen LogP contribution in [0.4, 0.5) is 0 Å². The molecule has 0 aliphatic heterocycles. The highest BCUT2D eigenvalue weighted by Gasteiger charge is 2.18. The summed E-state index contributed by atoms with van der Waals surface area (Å²) >= 11 is 6.30. The third-order valence-electron chi connectivity index (χ3n) is 5.25. The Kier molecular flexibility index (Phi) is 8.44. The van der Waals surface area contributed by atoms with Gasteiger partial charge in [0.15, 0.2) is 0 Å². The summed E-state index contributed by atoms with van der Waals surface area (Å²) in [5.74, 6) is 0.315. The van der Waals surface area contributed by atoms with Gasteiger partial charge < -0.3 is 4.98 Å². The van der Waals surface area contributed by atoms with Gasteiger partial charge in [0.2, 0.25) is 0 Å². The van der Waals surface area contributed by atoms with Gasteiger partial charge in [0.05, 0.1) is 0 Å². The summed E-state index contributed by atoms with van der Waals surface area (Å²) in [5.41, 5.74) is 6.46. The van der Waals surface area contributed by atoms with Crippen molar-refractivity contribution in [1.29, 1.82) is 0 Å². The van der Waals surface area contributed by atoms with Crippen molar-refractivity contribution >= 4 is 22.5 Å². The summed E-state index contributed by atoms with van der Waals surface area (Å²) in [5, 5.41) is 2.08. The van der Waals surface area contributed by atoms with Crippen molar-refractivity contribution in [3.63, 3.8) is 0 Å². The first-order chi connectivity index (χ1) is 13.0. The maximum Gasteiger partial charge on any atom is 0.0460 e. The zero-order chi connectivity index (χ0) is 19.8. The van der Waals surface area contributed by atoms with E-state index in [1.54, 1.807) is 0 Å². The van der Waals surface area contributed by atoms with Crippen LogP contribution in [-0.4, -0.2) is 4.98 Å². The van der Waals surface area contributed by atoms with Crippen LogP contribution in [0.5, 0.6) is 0 Å². The number of hydrogen-bond donors (Lipinski definition) is 1. The van der Waals surface area contributed by atoms with E-state index in [-0.39, 0.29) is 0 Å². The van der Waals surface area contributed by atoms with Crippen LogP contribution in [0.1, 0.15) is 77.0 Å². The zero-order valence-electron chi connectivity index (χ0n) is 17.4. The second-order valence-electron chi connectivity index (χ2n) is 7.37. The number of hydrogen-bond acceptors (Lipinski definition) is 0. The van der Waals surface area contributed by atoms with Gasteiger partial charge in [-0.2, -0.15) is 0 Å². The van der Waals surface area contributed by atoms with Crippen molar-refractivity contribution in [2.75, 3.05) is 0 Å². The molecule has 0 bridgehead atoms. The smallest absolute Gasteiger partial charge is 0.0460 e. The number of allylic oxidation sites excluding steroid dienone is 5. The van der Waals surface area contributed by atoms with Crippen molar-refractivity contribution in [1.82, 2.24) is 4.98 Å². The molecule has 0 fully saturated rings. The van der Waals surface area contributed by atoms with E-state index in [0.29, 0.717) is 5.92 Å². The molecule has 0 aliphatic rings. The lowest BCUT2D eigenvalue weighted by molar-refractivity contribution is 0.773. The summed E-state index contributed by atoms with van der Waals surface area (Å²) in [6.45, 7) is 13.1. The number of H-pyrrole nitrogens is 1. The van der Waals surface area contributed by atoms with Crippen molar-refractivity contribution in [2.45, 2.75) is 72.1 Å². The van der Waals surface area contributed by atoms with Crippen molar-refractivity contribution in [3.8, 4) is 0 Å². The van der Waals surface area contributed by atoms with Crippen LogP contribution in [0.15, 0.2) is 54.2 Å². The third-order valence-corrected chi connectivity index (χ3v) is 5.48. The molecule has 1 atom stereocenters. The zero-order valence-corrected chi connectivity index (χ0v) is 18.1. The Hall–Kier alpha value is -1.73. The average molecular weight is 384 g/mol. The molecule has 2 aromatic rings. The molecular formula is C25H34ClN. The van der Waals surface area contributed by atoms with E-state index >= 15 is 0 Å². The van der Waals surface area contributed by atoms with Crippen LogP contribution in [0, 0.1) is 0 Å². The molecule has 0 saturated heterocycles. The molecule has 0 amide bonds. The SMILES string of the molecule is C=C(/C=C\C(=C/CCC)C(C)c1[nH]c2ccc(Cl)cc2c1CCCC)CC. The van der Waals surface area contributed by atoms with E-state index in [2.05, 4.69) is 69.6 Å². The number of unbranched alkanes of at least 4 members (excludes halogenated alkanes) is 2. The molecule has 1 N–H and O–H groups in total. The van der Waals surface area contributed by atoms with Gasteiger partial charge in [-0.05, 0) is 55.0 Å². The normalized spacial score (nSPS) is 13.6. The molecule has 0 spiro atoms. The first-order valence-corrected chi connectivity index (χ1v) is 10.7. The standard InChI is InChI=1S/C25H34ClN/c1-6-9-11-20(14-13-18(4)8-3)19(5)25-22(12-10-7-2)23-17-21(26)15-16-24(23)27-25/h11,13-17,19,27H,4,6-10,12H2,1-3,5H3/b14-13-,20-11+. The monoisotopic (exact) mass is 383 g/mol. The van der Waals surface area contributed by atoms with Crippen LogP contribution in [-0.2, 0) is 6.42 Å². The van der Waals surface area contributed by atoms with Crippen molar-refractivity contribution in [3.05, 3.63) is 70.4 Å². The lowest BCUT2D eigenvalue weighted by Crippen LogP contribution is -2.01. The lowest BCUT2D eigenvalue weighted by atomic mass is 9.90. The fourth-order valence-electron chi connectivity index (χ4n) is 3.43. The van der Waals surface area contributed by atoms with E-state index in [1.165, 1.54) is 46.1 Å². The Bertz CT molecular complexity index is 822. The summed E-state index contributed by atoms with van der Waals surface area (Å²) in [7, 11) is 0. The van der Waals surface area contributed by atoms with Crippen molar-refractivity contribution < 1.29 is 0 Å². The van der Waals surface area contributed by atoms with Gasteiger partial charge in [-0.25, -0.2) is 0 Å². The molecule has 2 heteroatoms. The minimum Gasteiger partial charge on any atom is -0.358 e. The number of aromatic amines is 1. The Balaban J connectivity index is 2.49. The predicted octanol–water partition coefficient (Wildman–Crippen LogP) is 8.52. The highest BCUT2D eigenvalue weighted by atomic mass is 35.5. The number of aromatic nitrogens is 1. The second kappa shape index (κ2) is 10.6. The minimum atomic E-state index is 0.315. The molecule has 0 aliphatic carbocycles. The van der Waals surface area contributed by atoms with Gasteiger partial charge >= 0.3 is 0 Å². The highest BCUT2D eigenvalue weighted by molar-refractivity contribution is 6.31. The number of halogens is 1.